The number of sulfonamides is 1. The third-order valence-corrected chi connectivity index (χ3v) is 3.95. The van der Waals surface area contributed by atoms with E-state index in [4.69, 9.17) is 0 Å². The van der Waals surface area contributed by atoms with Crippen molar-refractivity contribution in [3.8, 4) is 0 Å². The smallest absolute Gasteiger partial charge is 0.238 e. The van der Waals surface area contributed by atoms with Crippen molar-refractivity contribution in [3.05, 3.63) is 35.9 Å². The molecule has 114 valence electrons. The van der Waals surface area contributed by atoms with Gasteiger partial charge >= 0.3 is 0 Å². The summed E-state index contributed by atoms with van der Waals surface area (Å²) in [5, 5.41) is 0. The van der Waals surface area contributed by atoms with Crippen molar-refractivity contribution in [2.75, 3.05) is 12.8 Å². The molecule has 21 heavy (non-hydrogen) atoms. The molecule has 2 amide bonds. The van der Waals surface area contributed by atoms with E-state index in [0.717, 1.165) is 11.8 Å². The van der Waals surface area contributed by atoms with Gasteiger partial charge in [-0.3, -0.25) is 14.3 Å². The van der Waals surface area contributed by atoms with Gasteiger partial charge in [0.2, 0.25) is 21.8 Å². The Bertz CT molecular complexity index is 628. The second-order valence-corrected chi connectivity index (χ2v) is 6.98. The Balaban J connectivity index is 2.02. The summed E-state index contributed by atoms with van der Waals surface area (Å²) in [5.41, 5.74) is 0.982. The number of nitrogens with zero attached hydrogens (tertiary/aromatic N) is 1. The van der Waals surface area contributed by atoms with Gasteiger partial charge in [0, 0.05) is 19.5 Å². The van der Waals surface area contributed by atoms with Gasteiger partial charge in [-0.2, -0.15) is 0 Å². The summed E-state index contributed by atoms with van der Waals surface area (Å²) in [4.78, 5) is 25.4. The highest BCUT2D eigenvalue weighted by atomic mass is 32.2. The van der Waals surface area contributed by atoms with Crippen molar-refractivity contribution in [1.82, 2.24) is 9.62 Å². The molecule has 1 aromatic carbocycles. The maximum atomic E-state index is 11.9. The van der Waals surface area contributed by atoms with E-state index in [9.17, 15) is 18.0 Å². The van der Waals surface area contributed by atoms with Crippen LogP contribution in [-0.2, 0) is 26.2 Å². The van der Waals surface area contributed by atoms with E-state index < -0.39 is 21.8 Å². The van der Waals surface area contributed by atoms with E-state index in [2.05, 4.69) is 0 Å². The van der Waals surface area contributed by atoms with Crippen LogP contribution in [0, 0.1) is 5.92 Å². The molecule has 1 atom stereocenters. The largest absolute Gasteiger partial charge is 0.338 e. The van der Waals surface area contributed by atoms with Gasteiger partial charge in [0.25, 0.3) is 0 Å². The number of hydrogen-bond acceptors (Lipinski definition) is 4. The summed E-state index contributed by atoms with van der Waals surface area (Å²) in [5.74, 6) is -1.04. The van der Waals surface area contributed by atoms with Crippen LogP contribution in [0.25, 0.3) is 0 Å². The standard InChI is InChI=1S/C14H18N2O4S/c1-21(19,20)15-14(18)12-7-8-13(17)16(10-12)9-11-5-3-2-4-6-11/h2-6,12H,7-10H2,1H3,(H,15,18). The lowest BCUT2D eigenvalue weighted by molar-refractivity contribution is -0.138. The molecule has 1 fully saturated rings. The first-order chi connectivity index (χ1) is 9.85. The summed E-state index contributed by atoms with van der Waals surface area (Å²) < 4.78 is 24.2. The molecule has 0 aliphatic carbocycles. The summed E-state index contributed by atoms with van der Waals surface area (Å²) in [6, 6.07) is 9.49. The lowest BCUT2D eigenvalue weighted by Crippen LogP contribution is -2.46. The number of piperidine rings is 1. The number of amides is 2. The molecule has 1 aliphatic rings. The zero-order valence-corrected chi connectivity index (χ0v) is 12.6. The molecule has 1 unspecified atom stereocenters. The normalized spacial score (nSPS) is 19.4. The van der Waals surface area contributed by atoms with Crippen molar-refractivity contribution in [2.24, 2.45) is 5.92 Å². The van der Waals surface area contributed by atoms with Crippen molar-refractivity contribution in [1.29, 1.82) is 0 Å². The Kier molecular flexibility index (Phi) is 4.62. The molecule has 7 heteroatoms. The van der Waals surface area contributed by atoms with Gasteiger partial charge in [0.15, 0.2) is 0 Å². The molecule has 0 spiro atoms. The number of nitrogens with one attached hydrogen (secondary N) is 1. The molecule has 1 aromatic rings. The first-order valence-corrected chi connectivity index (χ1v) is 8.57. The van der Waals surface area contributed by atoms with Crippen LogP contribution in [0.3, 0.4) is 0 Å². The van der Waals surface area contributed by atoms with Gasteiger partial charge in [-0.05, 0) is 12.0 Å². The molecule has 1 heterocycles. The van der Waals surface area contributed by atoms with Crippen LogP contribution in [0.2, 0.25) is 0 Å². The highest BCUT2D eigenvalue weighted by molar-refractivity contribution is 7.89. The minimum atomic E-state index is -3.57. The Morgan fingerprint density at radius 2 is 2.00 bits per heavy atom. The topological polar surface area (TPSA) is 83.5 Å². The SMILES string of the molecule is CS(=O)(=O)NC(=O)C1CCC(=O)N(Cc2ccccc2)C1. The van der Waals surface area contributed by atoms with Crippen LogP contribution in [0.4, 0.5) is 0 Å². The minimum absolute atomic E-state index is 0.0118. The molecule has 1 N–H and O–H groups in total. The minimum Gasteiger partial charge on any atom is -0.338 e. The highest BCUT2D eigenvalue weighted by Gasteiger charge is 2.31. The fourth-order valence-corrected chi connectivity index (χ4v) is 2.88. The average molecular weight is 310 g/mol. The van der Waals surface area contributed by atoms with Crippen molar-refractivity contribution in [2.45, 2.75) is 19.4 Å². The Morgan fingerprint density at radius 1 is 1.33 bits per heavy atom. The van der Waals surface area contributed by atoms with E-state index in [1.165, 1.54) is 0 Å². The number of hydrogen-bond donors (Lipinski definition) is 1. The predicted molar refractivity (Wildman–Crippen MR) is 77.6 cm³/mol. The average Bonchev–Trinajstić information content (AvgIpc) is 2.40. The Hall–Kier alpha value is -1.89. The molecule has 0 bridgehead atoms. The summed E-state index contributed by atoms with van der Waals surface area (Å²) >= 11 is 0. The van der Waals surface area contributed by atoms with Crippen molar-refractivity contribution < 1.29 is 18.0 Å². The molecule has 1 saturated heterocycles. The summed E-state index contributed by atoms with van der Waals surface area (Å²) in [6.45, 7) is 0.678. The molecule has 0 saturated carbocycles. The maximum absolute atomic E-state index is 11.9. The molecular weight excluding hydrogens is 292 g/mol. The second-order valence-electron chi connectivity index (χ2n) is 5.23. The predicted octanol–water partition coefficient (Wildman–Crippen LogP) is 0.501. The number of benzene rings is 1. The van der Waals surface area contributed by atoms with E-state index in [-0.39, 0.29) is 18.9 Å². The number of carbonyl (C=O) groups is 2. The van der Waals surface area contributed by atoms with E-state index >= 15 is 0 Å². The van der Waals surface area contributed by atoms with Gasteiger partial charge in [0.1, 0.15) is 0 Å². The van der Waals surface area contributed by atoms with Gasteiger partial charge in [0.05, 0.1) is 12.2 Å². The van der Waals surface area contributed by atoms with Gasteiger partial charge < -0.3 is 4.90 Å². The van der Waals surface area contributed by atoms with Crippen LogP contribution in [-0.4, -0.2) is 37.9 Å². The molecular formula is C14H18N2O4S. The zero-order chi connectivity index (χ0) is 15.5. The van der Waals surface area contributed by atoms with Crippen LogP contribution in [0.15, 0.2) is 30.3 Å². The molecule has 2 rings (SSSR count). The molecule has 1 aliphatic heterocycles. The summed E-state index contributed by atoms with van der Waals surface area (Å²) in [7, 11) is -3.57. The number of likely N-dealkylation sites (tertiary alicyclic amines) is 1. The van der Waals surface area contributed by atoms with Crippen LogP contribution >= 0.6 is 0 Å². The fraction of sp³-hybridized carbons (Fsp3) is 0.429. The monoisotopic (exact) mass is 310 g/mol. The lowest BCUT2D eigenvalue weighted by Gasteiger charge is -2.31. The van der Waals surface area contributed by atoms with Crippen LogP contribution in [0.1, 0.15) is 18.4 Å². The Morgan fingerprint density at radius 3 is 2.62 bits per heavy atom. The molecule has 0 radical (unpaired) electrons. The van der Waals surface area contributed by atoms with Crippen LogP contribution in [0.5, 0.6) is 0 Å². The Labute approximate surface area is 124 Å². The van der Waals surface area contributed by atoms with Crippen LogP contribution < -0.4 is 4.72 Å². The maximum Gasteiger partial charge on any atom is 0.238 e. The second kappa shape index (κ2) is 6.26. The third kappa shape index (κ3) is 4.56. The quantitative estimate of drug-likeness (QED) is 0.878. The highest BCUT2D eigenvalue weighted by Crippen LogP contribution is 2.20. The van der Waals surface area contributed by atoms with E-state index in [1.54, 1.807) is 4.90 Å². The first-order valence-electron chi connectivity index (χ1n) is 6.68. The first kappa shape index (κ1) is 15.5. The van der Waals surface area contributed by atoms with Crippen molar-refractivity contribution in [3.63, 3.8) is 0 Å². The lowest BCUT2D eigenvalue weighted by atomic mass is 9.96. The zero-order valence-electron chi connectivity index (χ0n) is 11.8. The van der Waals surface area contributed by atoms with Gasteiger partial charge in [-0.1, -0.05) is 30.3 Å². The van der Waals surface area contributed by atoms with Gasteiger partial charge in [-0.15, -0.1) is 0 Å². The van der Waals surface area contributed by atoms with Crippen molar-refractivity contribution >= 4 is 21.8 Å². The molecule has 0 aromatic heterocycles. The summed E-state index contributed by atoms with van der Waals surface area (Å²) in [6.07, 6.45) is 1.58. The van der Waals surface area contributed by atoms with E-state index in [0.29, 0.717) is 13.0 Å². The van der Waals surface area contributed by atoms with Gasteiger partial charge in [-0.25, -0.2) is 8.42 Å². The van der Waals surface area contributed by atoms with E-state index in [1.807, 2.05) is 35.1 Å². The number of rotatable bonds is 4. The number of carbonyl (C=O) groups excluding carboxylic acids is 2. The fourth-order valence-electron chi connectivity index (χ4n) is 2.35. The molecule has 6 nitrogen and oxygen atoms in total. The third-order valence-electron chi connectivity index (χ3n) is 3.37.